The van der Waals surface area contributed by atoms with Crippen molar-refractivity contribution in [2.24, 2.45) is 0 Å². The number of nitrogens with one attached hydrogen (secondary N) is 2. The average Bonchev–Trinajstić information content (AvgIpc) is 3.25. The van der Waals surface area contributed by atoms with E-state index in [1.54, 1.807) is 30.5 Å². The standard InChI is InChI=1S/C27H34N6O3S/c1-5-21(6-2)30-24-15-12-20(17-29-24)23-14-13-22(26(31-23)33-18(3)10-11-19(33)4)27(34)32-37(35,36)25-9-7-8-16-28-25/h7-9,12-19,21H,5-6,10-11H2,1-4H3,(H,29,30)(H,32,34)/t18-,19+. The molecule has 2 atom stereocenters. The Hall–Kier alpha value is -3.53. The fraction of sp³-hybridized carbons (Fsp3) is 0.407. The molecule has 0 radical (unpaired) electrons. The molecular formula is C27H34N6O3S. The van der Waals surface area contributed by atoms with Crippen LogP contribution in [0.1, 0.15) is 63.7 Å². The van der Waals surface area contributed by atoms with Gasteiger partial charge < -0.3 is 10.2 Å². The van der Waals surface area contributed by atoms with E-state index >= 15 is 0 Å². The molecule has 1 aliphatic heterocycles. The molecule has 9 nitrogen and oxygen atoms in total. The Kier molecular flexibility index (Phi) is 8.06. The lowest BCUT2D eigenvalue weighted by molar-refractivity contribution is 0.0981. The van der Waals surface area contributed by atoms with Gasteiger partial charge in [-0.2, -0.15) is 8.42 Å². The van der Waals surface area contributed by atoms with Crippen molar-refractivity contribution in [3.05, 3.63) is 60.4 Å². The number of aromatic nitrogens is 3. The van der Waals surface area contributed by atoms with Gasteiger partial charge in [0.25, 0.3) is 15.9 Å². The molecule has 3 aromatic heterocycles. The SMILES string of the molecule is CCC(CC)Nc1ccc(-c2ccc(C(=O)NS(=O)(=O)c3ccccn3)c(N3[C@H](C)CC[C@@H]3C)n2)cn1. The predicted molar refractivity (Wildman–Crippen MR) is 145 cm³/mol. The monoisotopic (exact) mass is 522 g/mol. The summed E-state index contributed by atoms with van der Waals surface area (Å²) in [5.74, 6) is 0.520. The van der Waals surface area contributed by atoms with Crippen LogP contribution >= 0.6 is 0 Å². The van der Waals surface area contributed by atoms with E-state index in [4.69, 9.17) is 4.98 Å². The summed E-state index contributed by atoms with van der Waals surface area (Å²) in [6.45, 7) is 8.45. The Morgan fingerprint density at radius 2 is 1.76 bits per heavy atom. The Balaban J connectivity index is 1.68. The van der Waals surface area contributed by atoms with E-state index in [1.165, 1.54) is 12.3 Å². The van der Waals surface area contributed by atoms with Crippen LogP contribution < -0.4 is 14.9 Å². The van der Waals surface area contributed by atoms with Crippen LogP contribution in [-0.2, 0) is 10.0 Å². The predicted octanol–water partition coefficient (Wildman–Crippen LogP) is 4.64. The molecule has 1 saturated heterocycles. The summed E-state index contributed by atoms with van der Waals surface area (Å²) in [5.41, 5.74) is 1.67. The molecule has 37 heavy (non-hydrogen) atoms. The lowest BCUT2D eigenvalue weighted by Crippen LogP contribution is -2.37. The van der Waals surface area contributed by atoms with E-state index in [0.717, 1.165) is 37.1 Å². The Morgan fingerprint density at radius 1 is 1.03 bits per heavy atom. The summed E-state index contributed by atoms with van der Waals surface area (Å²) < 4.78 is 27.7. The number of nitrogens with zero attached hydrogens (tertiary/aromatic N) is 4. The minimum absolute atomic E-state index is 0.154. The average molecular weight is 523 g/mol. The zero-order chi connectivity index (χ0) is 26.6. The van der Waals surface area contributed by atoms with Gasteiger partial charge in [0, 0.05) is 36.1 Å². The third kappa shape index (κ3) is 5.90. The molecule has 0 aromatic carbocycles. The number of anilines is 2. The van der Waals surface area contributed by atoms with Gasteiger partial charge in [-0.25, -0.2) is 19.7 Å². The van der Waals surface area contributed by atoms with E-state index in [1.807, 2.05) is 12.1 Å². The molecule has 0 unspecified atom stereocenters. The molecule has 0 spiro atoms. The molecule has 196 valence electrons. The van der Waals surface area contributed by atoms with Crippen molar-refractivity contribution >= 4 is 27.6 Å². The largest absolute Gasteiger partial charge is 0.367 e. The molecule has 1 aliphatic rings. The number of hydrogen-bond acceptors (Lipinski definition) is 8. The second-order valence-corrected chi connectivity index (χ2v) is 11.1. The highest BCUT2D eigenvalue weighted by molar-refractivity contribution is 7.90. The van der Waals surface area contributed by atoms with Crippen molar-refractivity contribution in [1.29, 1.82) is 0 Å². The first-order valence-electron chi connectivity index (χ1n) is 12.7. The van der Waals surface area contributed by atoms with Crippen LogP contribution in [0.25, 0.3) is 11.3 Å². The fourth-order valence-corrected chi connectivity index (χ4v) is 5.58. The summed E-state index contributed by atoms with van der Waals surface area (Å²) in [4.78, 5) is 28.7. The van der Waals surface area contributed by atoms with Gasteiger partial charge in [-0.15, -0.1) is 0 Å². The van der Waals surface area contributed by atoms with Crippen LogP contribution in [-0.4, -0.2) is 47.4 Å². The van der Waals surface area contributed by atoms with Gasteiger partial charge in [0.15, 0.2) is 5.03 Å². The van der Waals surface area contributed by atoms with Gasteiger partial charge in [-0.05, 0) is 75.9 Å². The van der Waals surface area contributed by atoms with Gasteiger partial charge in [0.1, 0.15) is 11.6 Å². The summed E-state index contributed by atoms with van der Waals surface area (Å²) in [6.07, 6.45) is 7.07. The molecule has 4 rings (SSSR count). The fourth-order valence-electron chi connectivity index (χ4n) is 4.66. The number of carbonyl (C=O) groups excluding carboxylic acids is 1. The van der Waals surface area contributed by atoms with E-state index < -0.39 is 15.9 Å². The first-order valence-corrected chi connectivity index (χ1v) is 14.2. The van der Waals surface area contributed by atoms with Crippen molar-refractivity contribution in [3.8, 4) is 11.3 Å². The molecule has 0 bridgehead atoms. The summed E-state index contributed by atoms with van der Waals surface area (Å²) in [6, 6.07) is 12.4. The molecule has 4 heterocycles. The van der Waals surface area contributed by atoms with Gasteiger partial charge in [0.05, 0.1) is 11.3 Å². The number of pyridine rings is 3. The lowest BCUT2D eigenvalue weighted by Gasteiger charge is -2.29. The minimum atomic E-state index is -4.13. The highest BCUT2D eigenvalue weighted by atomic mass is 32.2. The second-order valence-electron chi connectivity index (χ2n) is 9.44. The maximum absolute atomic E-state index is 13.3. The zero-order valence-corrected chi connectivity index (χ0v) is 22.5. The smallest absolute Gasteiger partial charge is 0.281 e. The van der Waals surface area contributed by atoms with Crippen LogP contribution in [0.15, 0.2) is 59.9 Å². The molecule has 0 saturated carbocycles. The Bertz CT molecular complexity index is 1320. The summed E-state index contributed by atoms with van der Waals surface area (Å²) in [5, 5.41) is 3.21. The first-order chi connectivity index (χ1) is 17.7. The Morgan fingerprint density at radius 3 is 2.35 bits per heavy atom. The third-order valence-electron chi connectivity index (χ3n) is 6.85. The van der Waals surface area contributed by atoms with Crippen LogP contribution in [0.3, 0.4) is 0 Å². The lowest BCUT2D eigenvalue weighted by atomic mass is 10.1. The van der Waals surface area contributed by atoms with Crippen LogP contribution in [0.5, 0.6) is 0 Å². The van der Waals surface area contributed by atoms with Crippen molar-refractivity contribution in [2.45, 2.75) is 76.5 Å². The van der Waals surface area contributed by atoms with Crippen LogP contribution in [0.4, 0.5) is 11.6 Å². The molecule has 2 N–H and O–H groups in total. The van der Waals surface area contributed by atoms with Crippen LogP contribution in [0.2, 0.25) is 0 Å². The first kappa shape index (κ1) is 26.5. The van der Waals surface area contributed by atoms with Crippen molar-refractivity contribution in [2.75, 3.05) is 10.2 Å². The van der Waals surface area contributed by atoms with Crippen molar-refractivity contribution < 1.29 is 13.2 Å². The van der Waals surface area contributed by atoms with Crippen molar-refractivity contribution in [3.63, 3.8) is 0 Å². The normalized spacial score (nSPS) is 17.7. The molecule has 1 amide bonds. The summed E-state index contributed by atoms with van der Waals surface area (Å²) in [7, 11) is -4.13. The Labute approximate surface area is 218 Å². The second kappa shape index (κ2) is 11.2. The minimum Gasteiger partial charge on any atom is -0.367 e. The number of amides is 1. The van der Waals surface area contributed by atoms with Gasteiger partial charge in [-0.1, -0.05) is 19.9 Å². The van der Waals surface area contributed by atoms with E-state index in [2.05, 4.69) is 52.6 Å². The third-order valence-corrected chi connectivity index (χ3v) is 8.10. The number of hydrogen-bond donors (Lipinski definition) is 2. The quantitative estimate of drug-likeness (QED) is 0.418. The molecular weight excluding hydrogens is 488 g/mol. The summed E-state index contributed by atoms with van der Waals surface area (Å²) >= 11 is 0. The van der Waals surface area contributed by atoms with Gasteiger partial charge >= 0.3 is 0 Å². The van der Waals surface area contributed by atoms with E-state index in [-0.39, 0.29) is 22.7 Å². The molecule has 0 aliphatic carbocycles. The van der Waals surface area contributed by atoms with E-state index in [0.29, 0.717) is 17.6 Å². The highest BCUT2D eigenvalue weighted by Crippen LogP contribution is 2.33. The number of rotatable bonds is 9. The number of sulfonamides is 1. The molecule has 1 fully saturated rings. The van der Waals surface area contributed by atoms with Crippen LogP contribution in [0, 0.1) is 0 Å². The molecule has 3 aromatic rings. The van der Waals surface area contributed by atoms with Crippen molar-refractivity contribution in [1.82, 2.24) is 19.7 Å². The number of carbonyl (C=O) groups is 1. The molecule has 10 heteroatoms. The van der Waals surface area contributed by atoms with Gasteiger partial charge in [0.2, 0.25) is 0 Å². The topological polar surface area (TPSA) is 117 Å². The maximum Gasteiger partial charge on any atom is 0.281 e. The van der Waals surface area contributed by atoms with Gasteiger partial charge in [-0.3, -0.25) is 4.79 Å². The maximum atomic E-state index is 13.3. The zero-order valence-electron chi connectivity index (χ0n) is 21.7. The highest BCUT2D eigenvalue weighted by Gasteiger charge is 2.33. The van der Waals surface area contributed by atoms with E-state index in [9.17, 15) is 13.2 Å².